The molecule has 0 heterocycles. The van der Waals surface area contributed by atoms with Crippen LogP contribution in [-0.4, -0.2) is 18.6 Å². The Kier molecular flexibility index (Phi) is 3.56. The van der Waals surface area contributed by atoms with E-state index < -0.39 is 0 Å². The monoisotopic (exact) mass is 266 g/mol. The Morgan fingerprint density at radius 2 is 2.05 bits per heavy atom. The van der Waals surface area contributed by atoms with Crippen LogP contribution in [0.2, 0.25) is 0 Å². The molecule has 2 heteroatoms. The molecule has 0 aromatic heterocycles. The topological polar surface area (TPSA) is 24.7 Å². The number of fused-ring (bicyclic) bond motifs is 2. The summed E-state index contributed by atoms with van der Waals surface area (Å²) in [5, 5.41) is 0. The Bertz CT molecular complexity index is 609. The fourth-order valence-corrected chi connectivity index (χ4v) is 3.52. The maximum absolute atomic E-state index is 4.63. The first-order valence-corrected chi connectivity index (χ1v) is 7.49. The molecule has 0 aliphatic heterocycles. The zero-order chi connectivity index (χ0) is 14.1. The number of allylic oxidation sites excluding steroid dienone is 8. The molecular weight excluding hydrogens is 244 g/mol. The number of aliphatic imine (C=N–C) groups is 2. The quantitative estimate of drug-likeness (QED) is 0.496. The summed E-state index contributed by atoms with van der Waals surface area (Å²) in [6.45, 7) is 4.07. The summed E-state index contributed by atoms with van der Waals surface area (Å²) in [6, 6.07) is 0. The Balaban J connectivity index is 2.08. The standard InChI is InChI=1S/C18H22N2/c1-12(20-13(2)19-3)16-10-6-8-15-11-14-7-4-5-9-17(14)18(15)16/h4,6-7,10,15H,5,8-9,11H2,1-3H3. The lowest BCUT2D eigenvalue weighted by Crippen LogP contribution is -2.11. The minimum absolute atomic E-state index is 0.673. The molecule has 20 heavy (non-hydrogen) atoms. The molecule has 1 unspecified atom stereocenters. The summed E-state index contributed by atoms with van der Waals surface area (Å²) in [6.07, 6.45) is 14.0. The van der Waals surface area contributed by atoms with Crippen LogP contribution < -0.4 is 0 Å². The van der Waals surface area contributed by atoms with Gasteiger partial charge in [-0.3, -0.25) is 4.99 Å². The van der Waals surface area contributed by atoms with Crippen LogP contribution in [0.5, 0.6) is 0 Å². The van der Waals surface area contributed by atoms with Gasteiger partial charge >= 0.3 is 0 Å². The van der Waals surface area contributed by atoms with E-state index >= 15 is 0 Å². The zero-order valence-corrected chi connectivity index (χ0v) is 12.6. The highest BCUT2D eigenvalue weighted by atomic mass is 14.9. The first-order valence-electron chi connectivity index (χ1n) is 7.49. The normalized spacial score (nSPS) is 26.2. The molecule has 3 aliphatic rings. The third-order valence-corrected chi connectivity index (χ3v) is 4.51. The number of hydrogen-bond donors (Lipinski definition) is 0. The number of hydrogen-bond acceptors (Lipinski definition) is 1. The smallest absolute Gasteiger partial charge is 0.120 e. The van der Waals surface area contributed by atoms with Gasteiger partial charge in [-0.1, -0.05) is 24.3 Å². The van der Waals surface area contributed by atoms with Gasteiger partial charge in [0.05, 0.1) is 0 Å². The fourth-order valence-electron chi connectivity index (χ4n) is 3.52. The predicted octanol–water partition coefficient (Wildman–Crippen LogP) is 4.42. The van der Waals surface area contributed by atoms with E-state index in [2.05, 4.69) is 41.2 Å². The van der Waals surface area contributed by atoms with Crippen LogP contribution >= 0.6 is 0 Å². The van der Waals surface area contributed by atoms with Crippen molar-refractivity contribution in [3.8, 4) is 0 Å². The van der Waals surface area contributed by atoms with Crippen molar-refractivity contribution in [2.75, 3.05) is 7.05 Å². The Morgan fingerprint density at radius 1 is 1.20 bits per heavy atom. The van der Waals surface area contributed by atoms with E-state index in [1.807, 2.05) is 6.92 Å². The predicted molar refractivity (Wildman–Crippen MR) is 86.4 cm³/mol. The number of nitrogens with zero attached hydrogens (tertiary/aromatic N) is 2. The van der Waals surface area contributed by atoms with Crippen LogP contribution in [0, 0.1) is 5.92 Å². The maximum atomic E-state index is 4.63. The second kappa shape index (κ2) is 5.35. The number of amidine groups is 1. The van der Waals surface area contributed by atoms with Gasteiger partial charge in [0.1, 0.15) is 5.84 Å². The van der Waals surface area contributed by atoms with E-state index in [-0.39, 0.29) is 0 Å². The molecule has 3 rings (SSSR count). The highest BCUT2D eigenvalue weighted by Crippen LogP contribution is 2.46. The second-order valence-corrected chi connectivity index (χ2v) is 5.78. The van der Waals surface area contributed by atoms with Gasteiger partial charge in [0, 0.05) is 12.8 Å². The Hall–Kier alpha value is -1.70. The molecule has 104 valence electrons. The van der Waals surface area contributed by atoms with Crippen LogP contribution in [0.4, 0.5) is 0 Å². The molecule has 0 N–H and O–H groups in total. The lowest BCUT2D eigenvalue weighted by atomic mass is 9.83. The van der Waals surface area contributed by atoms with Gasteiger partial charge in [0.25, 0.3) is 0 Å². The SMILES string of the molecule is CN=C(C)N=C(C)C1=C2C3=C(C=CCC3)CC2CC=C1. The summed E-state index contributed by atoms with van der Waals surface area (Å²) >= 11 is 0. The van der Waals surface area contributed by atoms with Crippen LogP contribution in [-0.2, 0) is 0 Å². The molecule has 0 bridgehead atoms. The average Bonchev–Trinajstić information content (AvgIpc) is 2.85. The van der Waals surface area contributed by atoms with E-state index in [9.17, 15) is 0 Å². The molecule has 0 aromatic rings. The number of rotatable bonds is 1. The average molecular weight is 266 g/mol. The van der Waals surface area contributed by atoms with E-state index in [1.165, 1.54) is 31.3 Å². The first-order chi connectivity index (χ1) is 9.70. The van der Waals surface area contributed by atoms with Gasteiger partial charge in [-0.05, 0) is 67.7 Å². The molecule has 0 amide bonds. The van der Waals surface area contributed by atoms with Crippen LogP contribution in [0.1, 0.15) is 39.5 Å². The molecule has 0 spiro atoms. The molecule has 0 saturated heterocycles. The zero-order valence-electron chi connectivity index (χ0n) is 12.6. The van der Waals surface area contributed by atoms with Gasteiger partial charge in [0.15, 0.2) is 0 Å². The van der Waals surface area contributed by atoms with E-state index in [0.717, 1.165) is 11.5 Å². The van der Waals surface area contributed by atoms with Crippen molar-refractivity contribution in [1.29, 1.82) is 0 Å². The van der Waals surface area contributed by atoms with Gasteiger partial charge in [-0.15, -0.1) is 0 Å². The van der Waals surface area contributed by atoms with E-state index in [0.29, 0.717) is 5.92 Å². The molecule has 0 aromatic carbocycles. The largest absolute Gasteiger partial charge is 0.274 e. The minimum Gasteiger partial charge on any atom is -0.274 e. The third kappa shape index (κ3) is 2.24. The highest BCUT2D eigenvalue weighted by Gasteiger charge is 2.32. The molecule has 1 atom stereocenters. The summed E-state index contributed by atoms with van der Waals surface area (Å²) in [7, 11) is 1.80. The van der Waals surface area contributed by atoms with E-state index in [1.54, 1.807) is 23.8 Å². The van der Waals surface area contributed by atoms with Gasteiger partial charge < -0.3 is 0 Å². The van der Waals surface area contributed by atoms with Crippen molar-refractivity contribution < 1.29 is 0 Å². The van der Waals surface area contributed by atoms with Gasteiger partial charge in [-0.25, -0.2) is 4.99 Å². The first kappa shape index (κ1) is 13.3. The van der Waals surface area contributed by atoms with Crippen molar-refractivity contribution in [2.24, 2.45) is 15.9 Å². The van der Waals surface area contributed by atoms with Crippen molar-refractivity contribution in [2.45, 2.75) is 39.5 Å². The third-order valence-electron chi connectivity index (χ3n) is 4.51. The van der Waals surface area contributed by atoms with Gasteiger partial charge in [0.2, 0.25) is 0 Å². The molecular formula is C18H22N2. The van der Waals surface area contributed by atoms with Crippen molar-refractivity contribution in [3.05, 3.63) is 46.6 Å². The minimum atomic E-state index is 0.673. The molecule has 2 nitrogen and oxygen atoms in total. The highest BCUT2D eigenvalue weighted by molar-refractivity contribution is 6.08. The summed E-state index contributed by atoms with van der Waals surface area (Å²) < 4.78 is 0. The summed E-state index contributed by atoms with van der Waals surface area (Å²) in [5.74, 6) is 1.52. The maximum Gasteiger partial charge on any atom is 0.120 e. The molecule has 0 fully saturated rings. The Labute approximate surface area is 121 Å². The summed E-state index contributed by atoms with van der Waals surface area (Å²) in [5.41, 5.74) is 7.16. The van der Waals surface area contributed by atoms with Crippen LogP contribution in [0.3, 0.4) is 0 Å². The lowest BCUT2D eigenvalue weighted by molar-refractivity contribution is 0.650. The fraction of sp³-hybridized carbons (Fsp3) is 0.444. The van der Waals surface area contributed by atoms with Crippen molar-refractivity contribution >= 4 is 11.5 Å². The van der Waals surface area contributed by atoms with Crippen molar-refractivity contribution in [3.63, 3.8) is 0 Å². The van der Waals surface area contributed by atoms with Crippen LogP contribution in [0.25, 0.3) is 0 Å². The van der Waals surface area contributed by atoms with Gasteiger partial charge in [-0.2, -0.15) is 0 Å². The van der Waals surface area contributed by atoms with Crippen molar-refractivity contribution in [1.82, 2.24) is 0 Å². The molecule has 0 radical (unpaired) electrons. The Morgan fingerprint density at radius 3 is 2.85 bits per heavy atom. The lowest BCUT2D eigenvalue weighted by Gasteiger charge is -2.21. The molecule has 3 aliphatic carbocycles. The van der Waals surface area contributed by atoms with Crippen LogP contribution in [0.15, 0.2) is 56.6 Å². The molecule has 0 saturated carbocycles. The van der Waals surface area contributed by atoms with E-state index in [4.69, 9.17) is 0 Å². The second-order valence-electron chi connectivity index (χ2n) is 5.78. The summed E-state index contributed by atoms with van der Waals surface area (Å²) in [4.78, 5) is 8.78.